The van der Waals surface area contributed by atoms with E-state index in [1.54, 1.807) is 0 Å². The highest BCUT2D eigenvalue weighted by Crippen LogP contribution is 2.19. The maximum Gasteiger partial charge on any atom is 0.224 e. The molecule has 1 aromatic rings. The molecule has 1 heterocycles. The van der Waals surface area contributed by atoms with E-state index in [2.05, 4.69) is 48.3 Å². The number of hydrogen-bond donors (Lipinski definition) is 2. The quantitative estimate of drug-likeness (QED) is 0.776. The van der Waals surface area contributed by atoms with Crippen molar-refractivity contribution in [2.24, 2.45) is 0 Å². The summed E-state index contributed by atoms with van der Waals surface area (Å²) in [5, 5.41) is 6.72. The smallest absolute Gasteiger partial charge is 0.224 e. The van der Waals surface area contributed by atoms with Crippen LogP contribution < -0.4 is 10.6 Å². The van der Waals surface area contributed by atoms with Crippen LogP contribution in [0.15, 0.2) is 6.07 Å². The predicted molar refractivity (Wildman–Crippen MR) is 78.2 cm³/mol. The number of hydrogen-bond acceptors (Lipinski definition) is 4. The number of nitrogens with zero attached hydrogens (tertiary/aromatic N) is 2. The molecule has 0 saturated heterocycles. The van der Waals surface area contributed by atoms with Gasteiger partial charge in [0.25, 0.3) is 0 Å². The first kappa shape index (κ1) is 14.7. The van der Waals surface area contributed by atoms with Gasteiger partial charge in [-0.15, -0.1) is 0 Å². The molecule has 0 atom stereocenters. The fourth-order valence-electron chi connectivity index (χ4n) is 1.98. The fraction of sp³-hybridized carbons (Fsp3) is 0.714. The summed E-state index contributed by atoms with van der Waals surface area (Å²) in [6, 6.07) is 1.99. The van der Waals surface area contributed by atoms with Crippen LogP contribution in [0.5, 0.6) is 0 Å². The van der Waals surface area contributed by atoms with Crippen LogP contribution in [0.2, 0.25) is 0 Å². The minimum Gasteiger partial charge on any atom is -0.365 e. The normalized spacial score (nSPS) is 11.4. The zero-order chi connectivity index (χ0) is 13.6. The Morgan fingerprint density at radius 3 is 2.50 bits per heavy atom. The molecule has 4 nitrogen and oxygen atoms in total. The summed E-state index contributed by atoms with van der Waals surface area (Å²) in [7, 11) is 0. The van der Waals surface area contributed by atoms with Gasteiger partial charge in [0.1, 0.15) is 5.82 Å². The average Bonchev–Trinajstić information content (AvgIpc) is 2.24. The van der Waals surface area contributed by atoms with Crippen molar-refractivity contribution in [1.29, 1.82) is 0 Å². The summed E-state index contributed by atoms with van der Waals surface area (Å²) in [6.45, 7) is 11.6. The second-order valence-corrected chi connectivity index (χ2v) is 5.40. The van der Waals surface area contributed by atoms with Crippen LogP contribution in [-0.2, 0) is 0 Å². The fourth-order valence-corrected chi connectivity index (χ4v) is 1.98. The van der Waals surface area contributed by atoms with Gasteiger partial charge in [-0.1, -0.05) is 20.3 Å². The lowest BCUT2D eigenvalue weighted by molar-refractivity contribution is 0.509. The van der Waals surface area contributed by atoms with E-state index in [0.717, 1.165) is 37.3 Å². The third kappa shape index (κ3) is 4.90. The van der Waals surface area contributed by atoms with Crippen LogP contribution in [0, 0.1) is 6.92 Å². The SMILES string of the molecule is CCCNc1nc(C)cc(NC(C)(C)CCC)n1. The van der Waals surface area contributed by atoms with Gasteiger partial charge in [-0.2, -0.15) is 4.98 Å². The van der Waals surface area contributed by atoms with Crippen molar-refractivity contribution in [1.82, 2.24) is 9.97 Å². The first-order valence-corrected chi connectivity index (χ1v) is 6.84. The topological polar surface area (TPSA) is 49.8 Å². The van der Waals surface area contributed by atoms with E-state index in [-0.39, 0.29) is 5.54 Å². The molecule has 0 amide bonds. The molecule has 0 bridgehead atoms. The van der Waals surface area contributed by atoms with Gasteiger partial charge in [0.15, 0.2) is 0 Å². The number of rotatable bonds is 7. The second kappa shape index (κ2) is 6.57. The third-order valence-corrected chi connectivity index (χ3v) is 2.73. The molecule has 0 aliphatic rings. The summed E-state index contributed by atoms with van der Waals surface area (Å²) in [4.78, 5) is 8.89. The van der Waals surface area contributed by atoms with E-state index in [4.69, 9.17) is 0 Å². The average molecular weight is 250 g/mol. The van der Waals surface area contributed by atoms with Crippen molar-refractivity contribution in [3.05, 3.63) is 11.8 Å². The summed E-state index contributed by atoms with van der Waals surface area (Å²) >= 11 is 0. The molecule has 0 spiro atoms. The molecule has 0 aliphatic carbocycles. The summed E-state index contributed by atoms with van der Waals surface area (Å²) in [5.41, 5.74) is 1.05. The second-order valence-electron chi connectivity index (χ2n) is 5.40. The maximum absolute atomic E-state index is 4.51. The highest BCUT2D eigenvalue weighted by molar-refractivity contribution is 5.43. The number of anilines is 2. The molecule has 0 fully saturated rings. The Labute approximate surface area is 111 Å². The van der Waals surface area contributed by atoms with E-state index in [0.29, 0.717) is 5.95 Å². The van der Waals surface area contributed by atoms with E-state index >= 15 is 0 Å². The number of nitrogens with one attached hydrogen (secondary N) is 2. The zero-order valence-electron chi connectivity index (χ0n) is 12.3. The highest BCUT2D eigenvalue weighted by atomic mass is 15.2. The molecule has 102 valence electrons. The maximum atomic E-state index is 4.51. The molecule has 0 radical (unpaired) electrons. The van der Waals surface area contributed by atoms with Crippen LogP contribution >= 0.6 is 0 Å². The largest absolute Gasteiger partial charge is 0.365 e. The van der Waals surface area contributed by atoms with Gasteiger partial charge in [0.05, 0.1) is 0 Å². The van der Waals surface area contributed by atoms with Crippen LogP contribution in [0.3, 0.4) is 0 Å². The number of aromatic nitrogens is 2. The van der Waals surface area contributed by atoms with Crippen LogP contribution in [0.1, 0.15) is 52.7 Å². The molecular formula is C14H26N4. The van der Waals surface area contributed by atoms with Crippen molar-refractivity contribution in [3.8, 4) is 0 Å². The lowest BCUT2D eigenvalue weighted by atomic mass is 9.99. The van der Waals surface area contributed by atoms with E-state index in [9.17, 15) is 0 Å². The number of aryl methyl sites for hydroxylation is 1. The van der Waals surface area contributed by atoms with Crippen LogP contribution in [-0.4, -0.2) is 22.1 Å². The molecule has 1 aromatic heterocycles. The Bertz CT molecular complexity index is 374. The van der Waals surface area contributed by atoms with Gasteiger partial charge in [0, 0.05) is 23.8 Å². The van der Waals surface area contributed by atoms with E-state index < -0.39 is 0 Å². The van der Waals surface area contributed by atoms with Gasteiger partial charge in [-0.25, -0.2) is 4.98 Å². The van der Waals surface area contributed by atoms with E-state index in [1.165, 1.54) is 0 Å². The Morgan fingerprint density at radius 2 is 1.89 bits per heavy atom. The van der Waals surface area contributed by atoms with Crippen LogP contribution in [0.25, 0.3) is 0 Å². The van der Waals surface area contributed by atoms with Crippen molar-refractivity contribution in [2.45, 2.75) is 59.4 Å². The van der Waals surface area contributed by atoms with Gasteiger partial charge in [0.2, 0.25) is 5.95 Å². The molecule has 0 aliphatic heterocycles. The van der Waals surface area contributed by atoms with Crippen molar-refractivity contribution < 1.29 is 0 Å². The van der Waals surface area contributed by atoms with Crippen LogP contribution in [0.4, 0.5) is 11.8 Å². The predicted octanol–water partition coefficient (Wildman–Crippen LogP) is 3.60. The Hall–Kier alpha value is -1.32. The Kier molecular flexibility index (Phi) is 5.38. The molecule has 0 unspecified atom stereocenters. The van der Waals surface area contributed by atoms with Crippen molar-refractivity contribution >= 4 is 11.8 Å². The molecule has 2 N–H and O–H groups in total. The molecule has 0 aromatic carbocycles. The van der Waals surface area contributed by atoms with Gasteiger partial charge < -0.3 is 10.6 Å². The van der Waals surface area contributed by atoms with Gasteiger partial charge in [-0.3, -0.25) is 0 Å². The lowest BCUT2D eigenvalue weighted by Gasteiger charge is -2.26. The summed E-state index contributed by atoms with van der Waals surface area (Å²) in [6.07, 6.45) is 3.35. The standard InChI is InChI=1S/C14H26N4/c1-6-8-14(4,5)18-12-10-11(3)16-13(17-12)15-9-7-2/h10H,6-9H2,1-5H3,(H2,15,16,17,18). The monoisotopic (exact) mass is 250 g/mol. The highest BCUT2D eigenvalue weighted by Gasteiger charge is 2.17. The first-order valence-electron chi connectivity index (χ1n) is 6.84. The Balaban J connectivity index is 2.79. The van der Waals surface area contributed by atoms with Gasteiger partial charge >= 0.3 is 0 Å². The minimum atomic E-state index is 0.0670. The summed E-state index contributed by atoms with van der Waals surface area (Å²) in [5.74, 6) is 1.62. The molecule has 0 saturated carbocycles. The van der Waals surface area contributed by atoms with Crippen molar-refractivity contribution in [3.63, 3.8) is 0 Å². The van der Waals surface area contributed by atoms with Crippen molar-refractivity contribution in [2.75, 3.05) is 17.2 Å². The van der Waals surface area contributed by atoms with Gasteiger partial charge in [-0.05, 0) is 33.6 Å². The zero-order valence-corrected chi connectivity index (χ0v) is 12.3. The Morgan fingerprint density at radius 1 is 1.17 bits per heavy atom. The minimum absolute atomic E-state index is 0.0670. The molecular weight excluding hydrogens is 224 g/mol. The van der Waals surface area contributed by atoms with E-state index in [1.807, 2.05) is 13.0 Å². The third-order valence-electron chi connectivity index (χ3n) is 2.73. The molecule has 18 heavy (non-hydrogen) atoms. The molecule has 1 rings (SSSR count). The lowest BCUT2D eigenvalue weighted by Crippen LogP contribution is -2.31. The summed E-state index contributed by atoms with van der Waals surface area (Å²) < 4.78 is 0. The first-order chi connectivity index (χ1) is 8.46. The molecule has 4 heteroatoms.